The number of ether oxygens (including phenoxy) is 1. The molecule has 0 spiro atoms. The normalized spacial score (nSPS) is 15.5. The maximum atomic E-state index is 12.6. The summed E-state index contributed by atoms with van der Waals surface area (Å²) in [6.45, 7) is 3.64. The van der Waals surface area contributed by atoms with Crippen molar-refractivity contribution in [2.24, 2.45) is 0 Å². The van der Waals surface area contributed by atoms with Crippen molar-refractivity contribution in [2.45, 2.75) is 32.2 Å². The molecule has 1 N–H and O–H groups in total. The third-order valence-electron chi connectivity index (χ3n) is 3.40. The molecule has 0 radical (unpaired) electrons. The number of carbonyl (C=O) groups is 1. The monoisotopic (exact) mass is 316 g/mol. The van der Waals surface area contributed by atoms with Crippen LogP contribution in [0, 0.1) is 0 Å². The van der Waals surface area contributed by atoms with Gasteiger partial charge in [0.15, 0.2) is 0 Å². The van der Waals surface area contributed by atoms with E-state index in [1.54, 1.807) is 11.0 Å². The van der Waals surface area contributed by atoms with E-state index in [1.165, 1.54) is 6.07 Å². The summed E-state index contributed by atoms with van der Waals surface area (Å²) in [7, 11) is 0. The van der Waals surface area contributed by atoms with Gasteiger partial charge in [-0.15, -0.1) is 0 Å². The zero-order valence-corrected chi connectivity index (χ0v) is 12.3. The summed E-state index contributed by atoms with van der Waals surface area (Å²) in [5.74, 6) is 0. The van der Waals surface area contributed by atoms with Gasteiger partial charge in [-0.1, -0.05) is 19.1 Å². The molecule has 0 bridgehead atoms. The molecule has 1 aromatic carbocycles. The lowest BCUT2D eigenvalue weighted by atomic mass is 10.1. The number of amides is 2. The van der Waals surface area contributed by atoms with Crippen LogP contribution in [0.3, 0.4) is 0 Å². The van der Waals surface area contributed by atoms with E-state index >= 15 is 0 Å². The number of likely N-dealkylation sites (tertiary alicyclic amines) is 1. The summed E-state index contributed by atoms with van der Waals surface area (Å²) in [4.78, 5) is 13.2. The van der Waals surface area contributed by atoms with Crippen LogP contribution in [-0.2, 0) is 17.5 Å². The van der Waals surface area contributed by atoms with Crippen LogP contribution >= 0.6 is 0 Å². The van der Waals surface area contributed by atoms with Gasteiger partial charge in [0.1, 0.15) is 0 Å². The van der Waals surface area contributed by atoms with Crippen molar-refractivity contribution in [1.82, 2.24) is 10.2 Å². The first-order valence-corrected chi connectivity index (χ1v) is 7.20. The second-order valence-corrected chi connectivity index (χ2v) is 5.27. The van der Waals surface area contributed by atoms with Crippen LogP contribution in [0.4, 0.5) is 18.0 Å². The van der Waals surface area contributed by atoms with Gasteiger partial charge in [0, 0.05) is 6.54 Å². The van der Waals surface area contributed by atoms with E-state index in [0.717, 1.165) is 18.6 Å². The molecule has 1 aromatic rings. The fourth-order valence-electron chi connectivity index (χ4n) is 2.10. The molecule has 122 valence electrons. The van der Waals surface area contributed by atoms with Gasteiger partial charge in [-0.2, -0.15) is 13.2 Å². The molecular formula is C15H19F3N2O2. The molecule has 4 nitrogen and oxygen atoms in total. The molecule has 0 unspecified atom stereocenters. The van der Waals surface area contributed by atoms with Gasteiger partial charge in [-0.25, -0.2) is 4.79 Å². The lowest BCUT2D eigenvalue weighted by Crippen LogP contribution is -2.57. The Labute approximate surface area is 127 Å². The zero-order valence-electron chi connectivity index (χ0n) is 12.3. The molecule has 1 heterocycles. The quantitative estimate of drug-likeness (QED) is 0.907. The maximum Gasteiger partial charge on any atom is 0.416 e. The highest BCUT2D eigenvalue weighted by molar-refractivity contribution is 5.75. The molecule has 0 aromatic heterocycles. The number of urea groups is 1. The first kappa shape index (κ1) is 16.6. The molecule has 0 aliphatic carbocycles. The molecule has 0 atom stereocenters. The number of nitrogens with zero attached hydrogens (tertiary/aromatic N) is 1. The summed E-state index contributed by atoms with van der Waals surface area (Å²) in [5, 5.41) is 2.76. The van der Waals surface area contributed by atoms with Crippen molar-refractivity contribution in [1.29, 1.82) is 0 Å². The largest absolute Gasteiger partial charge is 0.416 e. The average Bonchev–Trinajstić information content (AvgIpc) is 2.42. The summed E-state index contributed by atoms with van der Waals surface area (Å²) in [6.07, 6.45) is -3.60. The number of hydrogen-bond acceptors (Lipinski definition) is 2. The SMILES string of the molecule is CCCNC(=O)N1CC(OCc2cccc(C(F)(F)F)c2)C1. The standard InChI is InChI=1S/C15H19F3N2O2/c1-2-6-19-14(21)20-8-13(9-20)22-10-11-4-3-5-12(7-11)15(16,17)18/h3-5,7,13H,2,6,8-10H2,1H3,(H,19,21). The number of carbonyl (C=O) groups excluding carboxylic acids is 1. The van der Waals surface area contributed by atoms with Gasteiger partial charge < -0.3 is 15.0 Å². The van der Waals surface area contributed by atoms with Crippen LogP contribution in [0.1, 0.15) is 24.5 Å². The third-order valence-corrected chi connectivity index (χ3v) is 3.40. The smallest absolute Gasteiger partial charge is 0.370 e. The van der Waals surface area contributed by atoms with Crippen molar-refractivity contribution in [3.8, 4) is 0 Å². The Kier molecular flexibility index (Phi) is 5.28. The molecule has 1 saturated heterocycles. The van der Waals surface area contributed by atoms with E-state index in [2.05, 4.69) is 5.32 Å². The van der Waals surface area contributed by atoms with E-state index in [9.17, 15) is 18.0 Å². The van der Waals surface area contributed by atoms with Gasteiger partial charge in [0.25, 0.3) is 0 Å². The van der Waals surface area contributed by atoms with Crippen LogP contribution in [-0.4, -0.2) is 36.7 Å². The third kappa shape index (κ3) is 4.37. The number of nitrogens with one attached hydrogen (secondary N) is 1. The van der Waals surface area contributed by atoms with E-state index in [4.69, 9.17) is 4.74 Å². The predicted octanol–water partition coefficient (Wildman–Crippen LogP) is 3.03. The summed E-state index contributed by atoms with van der Waals surface area (Å²) in [6, 6.07) is 4.96. The number of alkyl halides is 3. The lowest BCUT2D eigenvalue weighted by molar-refractivity contribution is -0.137. The van der Waals surface area contributed by atoms with Gasteiger partial charge >= 0.3 is 12.2 Å². The molecule has 7 heteroatoms. The first-order valence-electron chi connectivity index (χ1n) is 7.20. The second-order valence-electron chi connectivity index (χ2n) is 5.27. The molecule has 1 aliphatic rings. The van der Waals surface area contributed by atoms with Crippen LogP contribution in [0.15, 0.2) is 24.3 Å². The van der Waals surface area contributed by atoms with Gasteiger partial charge in [0.2, 0.25) is 0 Å². The minimum atomic E-state index is -4.35. The highest BCUT2D eigenvalue weighted by atomic mass is 19.4. The Morgan fingerprint density at radius 1 is 1.41 bits per heavy atom. The Balaban J connectivity index is 1.75. The Morgan fingerprint density at radius 2 is 2.14 bits per heavy atom. The highest BCUT2D eigenvalue weighted by Crippen LogP contribution is 2.29. The van der Waals surface area contributed by atoms with E-state index in [1.807, 2.05) is 6.92 Å². The Morgan fingerprint density at radius 3 is 2.77 bits per heavy atom. The number of rotatable bonds is 5. The summed E-state index contributed by atoms with van der Waals surface area (Å²) >= 11 is 0. The molecular weight excluding hydrogens is 297 g/mol. The van der Waals surface area contributed by atoms with Crippen LogP contribution in [0.25, 0.3) is 0 Å². The molecule has 2 rings (SSSR count). The van der Waals surface area contributed by atoms with E-state index < -0.39 is 11.7 Å². The average molecular weight is 316 g/mol. The van der Waals surface area contributed by atoms with Crippen LogP contribution < -0.4 is 5.32 Å². The Hall–Kier alpha value is -1.76. The number of hydrogen-bond donors (Lipinski definition) is 1. The predicted molar refractivity (Wildman–Crippen MR) is 75.3 cm³/mol. The van der Waals surface area contributed by atoms with Crippen molar-refractivity contribution in [3.63, 3.8) is 0 Å². The second kappa shape index (κ2) is 7.00. The van der Waals surface area contributed by atoms with Crippen LogP contribution in [0.5, 0.6) is 0 Å². The fourth-order valence-corrected chi connectivity index (χ4v) is 2.10. The fraction of sp³-hybridized carbons (Fsp3) is 0.533. The van der Waals surface area contributed by atoms with Gasteiger partial charge in [0.05, 0.1) is 31.4 Å². The van der Waals surface area contributed by atoms with Gasteiger partial charge in [-0.3, -0.25) is 0 Å². The Bertz CT molecular complexity index is 514. The molecule has 1 aliphatic heterocycles. The van der Waals surface area contributed by atoms with Crippen molar-refractivity contribution >= 4 is 6.03 Å². The first-order chi connectivity index (χ1) is 10.4. The molecule has 1 fully saturated rings. The van der Waals surface area contributed by atoms with E-state index in [-0.39, 0.29) is 18.7 Å². The van der Waals surface area contributed by atoms with E-state index in [0.29, 0.717) is 25.2 Å². The molecule has 0 saturated carbocycles. The van der Waals surface area contributed by atoms with Gasteiger partial charge in [-0.05, 0) is 24.1 Å². The number of halogens is 3. The molecule has 2 amide bonds. The van der Waals surface area contributed by atoms with Crippen molar-refractivity contribution < 1.29 is 22.7 Å². The zero-order chi connectivity index (χ0) is 16.2. The maximum absolute atomic E-state index is 12.6. The van der Waals surface area contributed by atoms with Crippen molar-refractivity contribution in [3.05, 3.63) is 35.4 Å². The minimum absolute atomic E-state index is 0.110. The minimum Gasteiger partial charge on any atom is -0.370 e. The number of benzene rings is 1. The summed E-state index contributed by atoms with van der Waals surface area (Å²) < 4.78 is 43.3. The van der Waals surface area contributed by atoms with Crippen LogP contribution in [0.2, 0.25) is 0 Å². The lowest BCUT2D eigenvalue weighted by Gasteiger charge is -2.38. The topological polar surface area (TPSA) is 41.6 Å². The summed E-state index contributed by atoms with van der Waals surface area (Å²) in [5.41, 5.74) is -0.202. The molecule has 22 heavy (non-hydrogen) atoms. The van der Waals surface area contributed by atoms with Crippen molar-refractivity contribution in [2.75, 3.05) is 19.6 Å². The highest BCUT2D eigenvalue weighted by Gasteiger charge is 2.32.